The van der Waals surface area contributed by atoms with Gasteiger partial charge in [0.05, 0.1) is 4.90 Å². The maximum absolute atomic E-state index is 11.3. The molecule has 0 aliphatic heterocycles. The van der Waals surface area contributed by atoms with Gasteiger partial charge in [0.2, 0.25) is 4.93 Å². The van der Waals surface area contributed by atoms with E-state index in [4.69, 9.17) is 9.11 Å². The zero-order valence-electron chi connectivity index (χ0n) is 9.38. The predicted molar refractivity (Wildman–Crippen MR) is 65.4 cm³/mol. The molecule has 3 N–H and O–H groups in total. The van der Waals surface area contributed by atoms with Crippen LogP contribution >= 0.6 is 0 Å². The molecular formula is C10H10O7S2. The molecule has 2 rings (SSSR count). The molecule has 0 saturated carbocycles. The molecule has 19 heavy (non-hydrogen) atoms. The summed E-state index contributed by atoms with van der Waals surface area (Å²) in [6, 6.07) is 3.11. The van der Waals surface area contributed by atoms with Crippen LogP contribution in [0.25, 0.3) is 6.08 Å². The number of fused-ring (bicyclic) bond motifs is 1. The van der Waals surface area contributed by atoms with Crippen LogP contribution in [0.5, 0.6) is 0 Å². The summed E-state index contributed by atoms with van der Waals surface area (Å²) in [7, 11) is -9.42. The minimum atomic E-state index is -4.87. The minimum Gasteiger partial charge on any atom is -0.369 e. The van der Waals surface area contributed by atoms with E-state index in [9.17, 15) is 21.9 Å². The van der Waals surface area contributed by atoms with Crippen molar-refractivity contribution in [2.75, 3.05) is 0 Å². The fourth-order valence-electron chi connectivity index (χ4n) is 1.88. The number of aliphatic hydroxyl groups is 1. The lowest BCUT2D eigenvalue weighted by Crippen LogP contribution is -2.37. The Morgan fingerprint density at radius 3 is 2.26 bits per heavy atom. The van der Waals surface area contributed by atoms with Crippen LogP contribution in [0.2, 0.25) is 0 Å². The summed E-state index contributed by atoms with van der Waals surface area (Å²) >= 11 is 0. The maximum Gasteiger partial charge on any atom is 0.299 e. The van der Waals surface area contributed by atoms with Gasteiger partial charge in [-0.1, -0.05) is 18.2 Å². The van der Waals surface area contributed by atoms with Crippen LogP contribution in [0.15, 0.2) is 29.2 Å². The fourth-order valence-corrected chi connectivity index (χ4v) is 3.15. The molecule has 0 bridgehead atoms. The second kappa shape index (κ2) is 4.12. The van der Waals surface area contributed by atoms with Crippen LogP contribution in [0.4, 0.5) is 0 Å². The smallest absolute Gasteiger partial charge is 0.299 e. The molecule has 1 aliphatic rings. The standard InChI is InChI=1S/C10H10O7S2/c11-10(19(15,16)17)5-1-2-7-3-4-8(6-9(7)10)18(12,13)14/h1-4,6,11H,5H2,(H,12,13,14)(H,15,16,17). The number of benzene rings is 1. The van der Waals surface area contributed by atoms with Crippen molar-refractivity contribution in [3.05, 3.63) is 35.4 Å². The normalized spacial score (nSPS) is 23.1. The molecule has 9 heteroatoms. The summed E-state index contributed by atoms with van der Waals surface area (Å²) in [5.74, 6) is 0. The van der Waals surface area contributed by atoms with Gasteiger partial charge in [0.15, 0.2) is 0 Å². The zero-order valence-corrected chi connectivity index (χ0v) is 11.0. The molecule has 0 heterocycles. The highest BCUT2D eigenvalue weighted by Gasteiger charge is 2.44. The van der Waals surface area contributed by atoms with E-state index in [1.165, 1.54) is 18.2 Å². The van der Waals surface area contributed by atoms with E-state index in [0.29, 0.717) is 0 Å². The van der Waals surface area contributed by atoms with Gasteiger partial charge in [0, 0.05) is 12.0 Å². The van der Waals surface area contributed by atoms with Crippen molar-refractivity contribution >= 4 is 26.3 Å². The third-order valence-corrected chi connectivity index (χ3v) is 4.95. The Labute approximate surface area is 109 Å². The van der Waals surface area contributed by atoms with Gasteiger partial charge in [-0.15, -0.1) is 0 Å². The largest absolute Gasteiger partial charge is 0.369 e. The van der Waals surface area contributed by atoms with Gasteiger partial charge in [-0.3, -0.25) is 9.11 Å². The predicted octanol–water partition coefficient (Wildman–Crippen LogP) is 0.383. The Morgan fingerprint density at radius 1 is 1.11 bits per heavy atom. The summed E-state index contributed by atoms with van der Waals surface area (Å²) in [4.78, 5) is -3.19. The molecule has 1 aromatic rings. The van der Waals surface area contributed by atoms with Gasteiger partial charge in [0.25, 0.3) is 20.2 Å². The summed E-state index contributed by atoms with van der Waals surface area (Å²) in [6.07, 6.45) is 2.39. The lowest BCUT2D eigenvalue weighted by molar-refractivity contribution is 0.114. The third kappa shape index (κ3) is 2.30. The van der Waals surface area contributed by atoms with E-state index >= 15 is 0 Å². The second-order valence-corrected chi connectivity index (χ2v) is 7.14. The highest BCUT2D eigenvalue weighted by atomic mass is 32.2. The number of hydrogen-bond donors (Lipinski definition) is 3. The molecule has 1 atom stereocenters. The molecule has 0 amide bonds. The second-order valence-electron chi connectivity index (χ2n) is 4.09. The Balaban J connectivity index is 2.78. The Bertz CT molecular complexity index is 761. The fraction of sp³-hybridized carbons (Fsp3) is 0.200. The van der Waals surface area contributed by atoms with Gasteiger partial charge in [0.1, 0.15) is 0 Å². The molecule has 7 nitrogen and oxygen atoms in total. The summed E-state index contributed by atoms with van der Waals surface area (Å²) in [6.45, 7) is 0. The van der Waals surface area contributed by atoms with E-state index in [-0.39, 0.29) is 11.1 Å². The highest BCUT2D eigenvalue weighted by Crippen LogP contribution is 2.38. The minimum absolute atomic E-state index is 0.235. The first-order valence-corrected chi connectivity index (χ1v) is 7.92. The van der Waals surface area contributed by atoms with Gasteiger partial charge in [-0.25, -0.2) is 0 Å². The Hall–Kier alpha value is -1.26. The van der Waals surface area contributed by atoms with Crippen LogP contribution in [0, 0.1) is 0 Å². The topological polar surface area (TPSA) is 129 Å². The monoisotopic (exact) mass is 306 g/mol. The van der Waals surface area contributed by atoms with Crippen molar-refractivity contribution in [2.45, 2.75) is 16.2 Å². The average Bonchev–Trinajstić information content (AvgIpc) is 2.26. The van der Waals surface area contributed by atoms with Gasteiger partial charge in [-0.05, 0) is 17.7 Å². The van der Waals surface area contributed by atoms with E-state index in [2.05, 4.69) is 0 Å². The Morgan fingerprint density at radius 2 is 1.74 bits per heavy atom. The molecule has 104 valence electrons. The molecule has 0 aromatic heterocycles. The van der Waals surface area contributed by atoms with Crippen LogP contribution in [0.3, 0.4) is 0 Å². The summed E-state index contributed by atoms with van der Waals surface area (Å²) in [5, 5.41) is 10.1. The van der Waals surface area contributed by atoms with E-state index < -0.39 is 36.5 Å². The number of hydrogen-bond acceptors (Lipinski definition) is 5. The van der Waals surface area contributed by atoms with Crippen LogP contribution in [-0.2, 0) is 25.2 Å². The van der Waals surface area contributed by atoms with Crippen LogP contribution in [-0.4, -0.2) is 31.0 Å². The molecule has 1 unspecified atom stereocenters. The van der Waals surface area contributed by atoms with Gasteiger partial charge < -0.3 is 5.11 Å². The average molecular weight is 306 g/mol. The quantitative estimate of drug-likeness (QED) is 0.674. The first-order valence-electron chi connectivity index (χ1n) is 5.04. The first kappa shape index (κ1) is 14.2. The molecule has 0 spiro atoms. The highest BCUT2D eigenvalue weighted by molar-refractivity contribution is 7.86. The zero-order chi connectivity index (χ0) is 14.5. The molecule has 0 saturated heterocycles. The number of rotatable bonds is 2. The molecular weight excluding hydrogens is 296 g/mol. The third-order valence-electron chi connectivity index (χ3n) is 2.86. The van der Waals surface area contributed by atoms with Crippen LogP contribution < -0.4 is 0 Å². The van der Waals surface area contributed by atoms with Crippen molar-refractivity contribution in [2.24, 2.45) is 0 Å². The maximum atomic E-state index is 11.3. The lowest BCUT2D eigenvalue weighted by Gasteiger charge is -2.28. The van der Waals surface area contributed by atoms with Gasteiger partial charge >= 0.3 is 0 Å². The van der Waals surface area contributed by atoms with Crippen molar-refractivity contribution in [1.29, 1.82) is 0 Å². The molecule has 1 aliphatic carbocycles. The first-order chi connectivity index (χ1) is 8.56. The summed E-state index contributed by atoms with van der Waals surface area (Å²) < 4.78 is 62.7. The van der Waals surface area contributed by atoms with E-state index in [1.807, 2.05) is 0 Å². The van der Waals surface area contributed by atoms with E-state index in [1.54, 1.807) is 0 Å². The Kier molecular flexibility index (Phi) is 3.07. The van der Waals surface area contributed by atoms with Gasteiger partial charge in [-0.2, -0.15) is 16.8 Å². The van der Waals surface area contributed by atoms with Crippen LogP contribution in [0.1, 0.15) is 17.5 Å². The van der Waals surface area contributed by atoms with Crippen molar-refractivity contribution < 1.29 is 31.0 Å². The van der Waals surface area contributed by atoms with Crippen molar-refractivity contribution in [1.82, 2.24) is 0 Å². The van der Waals surface area contributed by atoms with Crippen molar-refractivity contribution in [3.63, 3.8) is 0 Å². The molecule has 1 aromatic carbocycles. The SMILES string of the molecule is O=S(=O)(O)c1ccc2c(c1)C(O)(S(=O)(=O)O)CC=C2. The lowest BCUT2D eigenvalue weighted by atomic mass is 9.94. The molecule has 0 radical (unpaired) electrons. The van der Waals surface area contributed by atoms with Crippen molar-refractivity contribution in [3.8, 4) is 0 Å². The molecule has 0 fully saturated rings. The summed E-state index contributed by atoms with van der Waals surface area (Å²) in [5.41, 5.74) is -0.0635. The van der Waals surface area contributed by atoms with E-state index in [0.717, 1.165) is 12.1 Å².